The lowest BCUT2D eigenvalue weighted by atomic mass is 10.6. The first kappa shape index (κ1) is 18.2. The van der Waals surface area contributed by atoms with Crippen molar-refractivity contribution in [3.8, 4) is 0 Å². The lowest BCUT2D eigenvalue weighted by molar-refractivity contribution is 0.161. The van der Waals surface area contributed by atoms with Gasteiger partial charge in [-0.25, -0.2) is 4.57 Å². The summed E-state index contributed by atoms with van der Waals surface area (Å²) in [6.45, 7) is 12.5. The molecule has 0 aromatic carbocycles. The SMILES string of the molecule is C=CCN1C=CN(CC)C1.CCOP(=O)(O)OCC. The second-order valence-corrected chi connectivity index (χ2v) is 5.16. The highest BCUT2D eigenvalue weighted by Crippen LogP contribution is 2.42. The molecule has 0 radical (unpaired) electrons. The summed E-state index contributed by atoms with van der Waals surface area (Å²) in [4.78, 5) is 13.1. The molecular weight excluding hydrogens is 267 g/mol. The molecule has 19 heavy (non-hydrogen) atoms. The quantitative estimate of drug-likeness (QED) is 0.574. The highest BCUT2D eigenvalue weighted by molar-refractivity contribution is 7.47. The van der Waals surface area contributed by atoms with Gasteiger partial charge < -0.3 is 14.7 Å². The van der Waals surface area contributed by atoms with Crippen LogP contribution in [0.2, 0.25) is 0 Å². The van der Waals surface area contributed by atoms with Crippen molar-refractivity contribution in [1.82, 2.24) is 9.80 Å². The zero-order valence-corrected chi connectivity index (χ0v) is 12.9. The molecule has 0 unspecified atom stereocenters. The Morgan fingerprint density at radius 3 is 2.16 bits per heavy atom. The molecule has 0 bridgehead atoms. The van der Waals surface area contributed by atoms with E-state index < -0.39 is 7.82 Å². The van der Waals surface area contributed by atoms with Gasteiger partial charge in [0.1, 0.15) is 0 Å². The molecule has 6 nitrogen and oxygen atoms in total. The zero-order valence-electron chi connectivity index (χ0n) is 12.0. The lowest BCUT2D eigenvalue weighted by Gasteiger charge is -2.17. The molecule has 0 amide bonds. The molecule has 0 atom stereocenters. The van der Waals surface area contributed by atoms with Gasteiger partial charge in [-0.1, -0.05) is 6.08 Å². The molecule has 1 aliphatic rings. The molecule has 0 fully saturated rings. The third-order valence-corrected chi connectivity index (χ3v) is 3.37. The Balaban J connectivity index is 0.000000344. The normalized spacial score (nSPS) is 14.3. The molecule has 1 heterocycles. The van der Waals surface area contributed by atoms with Crippen molar-refractivity contribution >= 4 is 7.82 Å². The van der Waals surface area contributed by atoms with Crippen LogP contribution in [0.1, 0.15) is 20.8 Å². The second kappa shape index (κ2) is 10.0. The largest absolute Gasteiger partial charge is 0.472 e. The minimum absolute atomic E-state index is 0.188. The molecule has 112 valence electrons. The predicted octanol–water partition coefficient (Wildman–Crippen LogP) is 2.40. The standard InChI is InChI=1S/C8H14N2.C4H11O4P/c1-3-5-10-7-6-9(4-2)8-10;1-3-7-9(5,6)8-4-2/h3,6-7H,1,4-5,8H2,2H3;3-4H2,1-2H3,(H,5,6). The van der Waals surface area contributed by atoms with Gasteiger partial charge in [-0.15, -0.1) is 6.58 Å². The number of rotatable bonds is 7. The van der Waals surface area contributed by atoms with Crippen LogP contribution in [-0.2, 0) is 13.6 Å². The number of nitrogens with zero attached hydrogens (tertiary/aromatic N) is 2. The molecule has 1 rings (SSSR count). The fourth-order valence-corrected chi connectivity index (χ4v) is 2.10. The van der Waals surface area contributed by atoms with Gasteiger partial charge in [-0.05, 0) is 20.8 Å². The van der Waals surface area contributed by atoms with E-state index in [0.717, 1.165) is 19.8 Å². The van der Waals surface area contributed by atoms with Crippen LogP contribution >= 0.6 is 7.82 Å². The Labute approximate surface area is 115 Å². The highest BCUT2D eigenvalue weighted by atomic mass is 31.2. The first-order chi connectivity index (χ1) is 8.99. The number of phosphoric acid groups is 1. The van der Waals surface area contributed by atoms with E-state index in [-0.39, 0.29) is 13.2 Å². The van der Waals surface area contributed by atoms with Crippen LogP contribution in [0.4, 0.5) is 0 Å². The van der Waals surface area contributed by atoms with E-state index in [2.05, 4.69) is 44.7 Å². The summed E-state index contributed by atoms with van der Waals surface area (Å²) in [6.07, 6.45) is 6.14. The van der Waals surface area contributed by atoms with E-state index in [4.69, 9.17) is 4.89 Å². The van der Waals surface area contributed by atoms with Crippen molar-refractivity contribution < 1.29 is 18.5 Å². The third-order valence-electron chi connectivity index (χ3n) is 2.21. The van der Waals surface area contributed by atoms with Crippen molar-refractivity contribution in [2.24, 2.45) is 0 Å². The molecule has 1 aliphatic heterocycles. The van der Waals surface area contributed by atoms with Gasteiger partial charge in [0.2, 0.25) is 0 Å². The van der Waals surface area contributed by atoms with Gasteiger partial charge in [0.05, 0.1) is 19.9 Å². The van der Waals surface area contributed by atoms with Crippen LogP contribution in [0, 0.1) is 0 Å². The summed E-state index contributed by atoms with van der Waals surface area (Å²) < 4.78 is 19.2. The maximum Gasteiger partial charge on any atom is 0.472 e. The number of hydrogen-bond donors (Lipinski definition) is 1. The average molecular weight is 292 g/mol. The van der Waals surface area contributed by atoms with Gasteiger partial charge in [-0.3, -0.25) is 9.05 Å². The van der Waals surface area contributed by atoms with Crippen molar-refractivity contribution in [1.29, 1.82) is 0 Å². The fourth-order valence-electron chi connectivity index (χ4n) is 1.37. The van der Waals surface area contributed by atoms with Gasteiger partial charge in [0.15, 0.2) is 0 Å². The van der Waals surface area contributed by atoms with Crippen LogP contribution in [0.25, 0.3) is 0 Å². The Hall–Kier alpha value is -0.810. The molecule has 0 aromatic heterocycles. The molecule has 0 saturated carbocycles. The average Bonchev–Trinajstić information content (AvgIpc) is 2.78. The molecule has 7 heteroatoms. The first-order valence-electron chi connectivity index (χ1n) is 6.38. The summed E-state index contributed by atoms with van der Waals surface area (Å²) in [6, 6.07) is 0. The van der Waals surface area contributed by atoms with Crippen molar-refractivity contribution in [3.63, 3.8) is 0 Å². The molecule has 0 aliphatic carbocycles. The van der Waals surface area contributed by atoms with Crippen LogP contribution in [0.15, 0.2) is 25.1 Å². The Bertz CT molecular complexity index is 313. The van der Waals surface area contributed by atoms with Crippen LogP contribution in [0.5, 0.6) is 0 Å². The minimum Gasteiger partial charge on any atom is -0.359 e. The summed E-state index contributed by atoms with van der Waals surface area (Å²) in [5.74, 6) is 0. The van der Waals surface area contributed by atoms with E-state index in [1.807, 2.05) is 6.08 Å². The molecular formula is C12H25N2O4P. The Morgan fingerprint density at radius 2 is 1.79 bits per heavy atom. The monoisotopic (exact) mass is 292 g/mol. The van der Waals surface area contributed by atoms with Crippen LogP contribution in [-0.4, -0.2) is 47.7 Å². The predicted molar refractivity (Wildman–Crippen MR) is 76.4 cm³/mol. The van der Waals surface area contributed by atoms with E-state index >= 15 is 0 Å². The summed E-state index contributed by atoms with van der Waals surface area (Å²) in [5.41, 5.74) is 0. The molecule has 0 spiro atoms. The minimum atomic E-state index is -3.69. The maximum absolute atomic E-state index is 10.5. The van der Waals surface area contributed by atoms with Crippen LogP contribution < -0.4 is 0 Å². The topological polar surface area (TPSA) is 62.2 Å². The Morgan fingerprint density at radius 1 is 1.26 bits per heavy atom. The van der Waals surface area contributed by atoms with Crippen molar-refractivity contribution in [3.05, 3.63) is 25.1 Å². The number of hydrogen-bond acceptors (Lipinski definition) is 5. The van der Waals surface area contributed by atoms with Crippen molar-refractivity contribution in [2.45, 2.75) is 20.8 Å². The van der Waals surface area contributed by atoms with Gasteiger partial charge in [0.25, 0.3) is 0 Å². The fraction of sp³-hybridized carbons (Fsp3) is 0.667. The lowest BCUT2D eigenvalue weighted by Crippen LogP contribution is -2.24. The van der Waals surface area contributed by atoms with E-state index in [1.165, 1.54) is 0 Å². The Kier molecular flexibility index (Phi) is 9.61. The zero-order chi connectivity index (χ0) is 14.7. The van der Waals surface area contributed by atoms with Crippen molar-refractivity contribution in [2.75, 3.05) is 33.0 Å². The molecule has 0 saturated heterocycles. The van der Waals surface area contributed by atoms with E-state index in [9.17, 15) is 4.57 Å². The smallest absolute Gasteiger partial charge is 0.359 e. The summed E-state index contributed by atoms with van der Waals surface area (Å²) >= 11 is 0. The van der Waals surface area contributed by atoms with Crippen LogP contribution in [0.3, 0.4) is 0 Å². The second-order valence-electron chi connectivity index (χ2n) is 3.71. The van der Waals surface area contributed by atoms with E-state index in [0.29, 0.717) is 0 Å². The van der Waals surface area contributed by atoms with Gasteiger partial charge in [0, 0.05) is 25.5 Å². The summed E-state index contributed by atoms with van der Waals surface area (Å²) in [7, 11) is -3.69. The molecule has 1 N–H and O–H groups in total. The maximum atomic E-state index is 10.5. The summed E-state index contributed by atoms with van der Waals surface area (Å²) in [5, 5.41) is 0. The highest BCUT2D eigenvalue weighted by Gasteiger charge is 2.17. The van der Waals surface area contributed by atoms with Gasteiger partial charge in [-0.2, -0.15) is 0 Å². The van der Waals surface area contributed by atoms with E-state index in [1.54, 1.807) is 13.8 Å². The van der Waals surface area contributed by atoms with Gasteiger partial charge >= 0.3 is 7.82 Å². The first-order valence-corrected chi connectivity index (χ1v) is 7.87. The molecule has 0 aromatic rings. The number of phosphoric ester groups is 1. The third kappa shape index (κ3) is 8.83.